The van der Waals surface area contributed by atoms with Gasteiger partial charge in [-0.15, -0.1) is 0 Å². The van der Waals surface area contributed by atoms with E-state index in [1.54, 1.807) is 6.20 Å². The molecule has 0 amide bonds. The summed E-state index contributed by atoms with van der Waals surface area (Å²) in [5.41, 5.74) is 1.92. The van der Waals surface area contributed by atoms with Crippen molar-refractivity contribution in [1.29, 1.82) is 0 Å². The van der Waals surface area contributed by atoms with Crippen LogP contribution in [0.4, 0.5) is 0 Å². The van der Waals surface area contributed by atoms with E-state index in [4.69, 9.17) is 5.11 Å². The molecule has 0 saturated carbocycles. The highest BCUT2D eigenvalue weighted by molar-refractivity contribution is 5.49. The summed E-state index contributed by atoms with van der Waals surface area (Å²) in [6, 6.07) is 5.75. The number of aromatic nitrogens is 1. The van der Waals surface area contributed by atoms with E-state index >= 15 is 0 Å². The maximum atomic E-state index is 9.06. The second kappa shape index (κ2) is 4.77. The quantitative estimate of drug-likeness (QED) is 0.767. The Labute approximate surface area is 78.9 Å². The van der Waals surface area contributed by atoms with E-state index in [0.717, 1.165) is 11.3 Å². The summed E-state index contributed by atoms with van der Waals surface area (Å²) in [6.07, 6.45) is 3.69. The van der Waals surface area contributed by atoms with Crippen LogP contribution in [0, 0.1) is 5.92 Å². The Morgan fingerprint density at radius 3 is 2.77 bits per heavy atom. The van der Waals surface area contributed by atoms with Crippen LogP contribution in [0.2, 0.25) is 0 Å². The molecule has 2 heteroatoms. The zero-order valence-electron chi connectivity index (χ0n) is 8.07. The first-order valence-electron chi connectivity index (χ1n) is 4.46. The van der Waals surface area contributed by atoms with Crippen LogP contribution in [0.1, 0.15) is 19.5 Å². The van der Waals surface area contributed by atoms with Crippen molar-refractivity contribution < 1.29 is 5.11 Å². The fourth-order valence-corrected chi connectivity index (χ4v) is 1.05. The molecule has 2 nitrogen and oxygen atoms in total. The third-order valence-corrected chi connectivity index (χ3v) is 1.95. The highest BCUT2D eigenvalue weighted by Crippen LogP contribution is 2.12. The first-order chi connectivity index (χ1) is 6.24. The Morgan fingerprint density at radius 1 is 1.54 bits per heavy atom. The van der Waals surface area contributed by atoms with Gasteiger partial charge in [-0.2, -0.15) is 0 Å². The van der Waals surface area contributed by atoms with Gasteiger partial charge in [-0.25, -0.2) is 0 Å². The first-order valence-corrected chi connectivity index (χ1v) is 4.46. The molecule has 0 bridgehead atoms. The van der Waals surface area contributed by atoms with Gasteiger partial charge in [0.25, 0.3) is 0 Å². The fourth-order valence-electron chi connectivity index (χ4n) is 1.05. The molecule has 1 aromatic rings. The molecular formula is C11H15NO. The second-order valence-electron chi connectivity index (χ2n) is 3.29. The van der Waals surface area contributed by atoms with Crippen molar-refractivity contribution in [2.45, 2.75) is 13.8 Å². The molecule has 0 radical (unpaired) electrons. The van der Waals surface area contributed by atoms with Gasteiger partial charge in [-0.1, -0.05) is 19.9 Å². The SMILES string of the molecule is CC(C)/C(=C/c1ccccn1)CO. The summed E-state index contributed by atoms with van der Waals surface area (Å²) >= 11 is 0. The Hall–Kier alpha value is -1.15. The second-order valence-corrected chi connectivity index (χ2v) is 3.29. The van der Waals surface area contributed by atoms with Crippen LogP contribution in [-0.2, 0) is 0 Å². The van der Waals surface area contributed by atoms with E-state index in [2.05, 4.69) is 18.8 Å². The van der Waals surface area contributed by atoms with Crippen molar-refractivity contribution in [1.82, 2.24) is 4.98 Å². The Balaban J connectivity index is 2.85. The highest BCUT2D eigenvalue weighted by Gasteiger charge is 2.01. The number of nitrogens with zero attached hydrogens (tertiary/aromatic N) is 1. The molecule has 70 valence electrons. The molecule has 1 aromatic heterocycles. The molecule has 0 aliphatic carbocycles. The van der Waals surface area contributed by atoms with Gasteiger partial charge >= 0.3 is 0 Å². The summed E-state index contributed by atoms with van der Waals surface area (Å²) in [4.78, 5) is 4.16. The zero-order valence-corrected chi connectivity index (χ0v) is 8.07. The van der Waals surface area contributed by atoms with Crippen LogP contribution in [0.15, 0.2) is 30.0 Å². The molecule has 13 heavy (non-hydrogen) atoms. The van der Waals surface area contributed by atoms with Crippen LogP contribution >= 0.6 is 0 Å². The molecule has 0 spiro atoms. The zero-order chi connectivity index (χ0) is 9.68. The number of aliphatic hydroxyl groups is 1. The number of rotatable bonds is 3. The minimum atomic E-state index is 0.105. The van der Waals surface area contributed by atoms with Crippen LogP contribution < -0.4 is 0 Å². The smallest absolute Gasteiger partial charge is 0.0648 e. The molecule has 1 N–H and O–H groups in total. The van der Waals surface area contributed by atoms with E-state index in [1.165, 1.54) is 0 Å². The third kappa shape index (κ3) is 2.99. The van der Waals surface area contributed by atoms with Gasteiger partial charge in [0.2, 0.25) is 0 Å². The number of pyridine rings is 1. The lowest BCUT2D eigenvalue weighted by molar-refractivity contribution is 0.320. The van der Waals surface area contributed by atoms with Crippen LogP contribution in [0.5, 0.6) is 0 Å². The Bertz CT molecular complexity index is 277. The molecule has 0 aromatic carbocycles. The van der Waals surface area contributed by atoms with E-state index in [9.17, 15) is 0 Å². The fraction of sp³-hybridized carbons (Fsp3) is 0.364. The first kappa shape index (κ1) is 9.93. The Kier molecular flexibility index (Phi) is 3.65. The molecule has 0 aliphatic rings. The van der Waals surface area contributed by atoms with Crippen molar-refractivity contribution in [3.63, 3.8) is 0 Å². The van der Waals surface area contributed by atoms with Crippen molar-refractivity contribution in [3.05, 3.63) is 35.7 Å². The molecule has 1 rings (SSSR count). The number of aliphatic hydroxyl groups excluding tert-OH is 1. The lowest BCUT2D eigenvalue weighted by atomic mass is 10.0. The standard InChI is InChI=1S/C11H15NO/c1-9(2)10(8-13)7-11-5-3-4-6-12-11/h3-7,9,13H,8H2,1-2H3/b10-7+. The average Bonchev–Trinajstić information content (AvgIpc) is 2.15. The average molecular weight is 177 g/mol. The monoisotopic (exact) mass is 177 g/mol. The lowest BCUT2D eigenvalue weighted by Gasteiger charge is -2.06. The van der Waals surface area contributed by atoms with Crippen molar-refractivity contribution in [2.24, 2.45) is 5.92 Å². The molecule has 0 aliphatic heterocycles. The van der Waals surface area contributed by atoms with Crippen molar-refractivity contribution in [2.75, 3.05) is 6.61 Å². The van der Waals surface area contributed by atoms with Gasteiger partial charge in [-0.3, -0.25) is 4.98 Å². The molecule has 0 saturated heterocycles. The molecule has 1 heterocycles. The van der Waals surface area contributed by atoms with Gasteiger partial charge in [0.15, 0.2) is 0 Å². The van der Waals surface area contributed by atoms with Gasteiger partial charge in [0.1, 0.15) is 0 Å². The van der Waals surface area contributed by atoms with Gasteiger partial charge < -0.3 is 5.11 Å². The van der Waals surface area contributed by atoms with E-state index in [0.29, 0.717) is 5.92 Å². The maximum Gasteiger partial charge on any atom is 0.0648 e. The summed E-state index contributed by atoms with van der Waals surface area (Å²) in [6.45, 7) is 4.23. The van der Waals surface area contributed by atoms with Gasteiger partial charge in [-0.05, 0) is 29.7 Å². The van der Waals surface area contributed by atoms with Gasteiger partial charge in [0, 0.05) is 6.20 Å². The predicted octanol–water partition coefficient (Wildman–Crippen LogP) is 2.11. The predicted molar refractivity (Wildman–Crippen MR) is 54.1 cm³/mol. The van der Waals surface area contributed by atoms with Crippen molar-refractivity contribution in [3.8, 4) is 0 Å². The highest BCUT2D eigenvalue weighted by atomic mass is 16.3. The van der Waals surface area contributed by atoms with E-state index in [-0.39, 0.29) is 6.61 Å². The summed E-state index contributed by atoms with van der Waals surface area (Å²) in [5, 5.41) is 9.06. The molecule has 0 fully saturated rings. The molecular weight excluding hydrogens is 162 g/mol. The van der Waals surface area contributed by atoms with Crippen LogP contribution in [-0.4, -0.2) is 16.7 Å². The minimum Gasteiger partial charge on any atom is -0.392 e. The minimum absolute atomic E-state index is 0.105. The van der Waals surface area contributed by atoms with Crippen LogP contribution in [0.25, 0.3) is 6.08 Å². The summed E-state index contributed by atoms with van der Waals surface area (Å²) in [5.74, 6) is 0.368. The summed E-state index contributed by atoms with van der Waals surface area (Å²) in [7, 11) is 0. The third-order valence-electron chi connectivity index (χ3n) is 1.95. The van der Waals surface area contributed by atoms with Gasteiger partial charge in [0.05, 0.1) is 12.3 Å². The van der Waals surface area contributed by atoms with Crippen LogP contribution in [0.3, 0.4) is 0 Å². The largest absolute Gasteiger partial charge is 0.392 e. The normalized spacial score (nSPS) is 12.2. The number of hydrogen-bond donors (Lipinski definition) is 1. The van der Waals surface area contributed by atoms with E-state index in [1.807, 2.05) is 24.3 Å². The lowest BCUT2D eigenvalue weighted by Crippen LogP contribution is -1.99. The van der Waals surface area contributed by atoms with Crippen molar-refractivity contribution >= 4 is 6.08 Å². The summed E-state index contributed by atoms with van der Waals surface area (Å²) < 4.78 is 0. The molecule has 0 unspecified atom stereocenters. The maximum absolute atomic E-state index is 9.06. The molecule has 0 atom stereocenters. The van der Waals surface area contributed by atoms with E-state index < -0.39 is 0 Å². The topological polar surface area (TPSA) is 33.1 Å². The Morgan fingerprint density at radius 2 is 2.31 bits per heavy atom. The number of hydrogen-bond acceptors (Lipinski definition) is 2.